The van der Waals surface area contributed by atoms with Crippen molar-refractivity contribution in [2.75, 3.05) is 27.2 Å². The largest absolute Gasteiger partial charge is 0.460 e. The molecular weight excluding hydrogens is 421 g/mol. The van der Waals surface area contributed by atoms with Crippen LogP contribution in [0.25, 0.3) is 21.8 Å². The lowest BCUT2D eigenvalue weighted by atomic mass is 10.1. The van der Waals surface area contributed by atoms with E-state index in [1.165, 1.54) is 0 Å². The Morgan fingerprint density at radius 1 is 1.07 bits per heavy atom. The van der Waals surface area contributed by atoms with Gasteiger partial charge in [0.1, 0.15) is 12.3 Å². The van der Waals surface area contributed by atoms with Gasteiger partial charge >= 0.3 is 5.97 Å². The summed E-state index contributed by atoms with van der Waals surface area (Å²) < 4.78 is 7.48. The minimum absolute atomic E-state index is 0.296. The van der Waals surface area contributed by atoms with E-state index in [4.69, 9.17) is 27.9 Å². The number of rotatable bonds is 6. The molecule has 4 aromatic rings. The zero-order valence-electron chi connectivity index (χ0n) is 16.7. The molecule has 0 aliphatic rings. The van der Waals surface area contributed by atoms with E-state index in [1.807, 2.05) is 49.3 Å². The lowest BCUT2D eigenvalue weighted by molar-refractivity contribution is 0.0475. The predicted molar refractivity (Wildman–Crippen MR) is 122 cm³/mol. The molecule has 0 saturated carbocycles. The third-order valence-corrected chi connectivity index (χ3v) is 5.58. The Balaban J connectivity index is 1.76. The topological polar surface area (TPSA) is 47.4 Å². The summed E-state index contributed by atoms with van der Waals surface area (Å²) in [7, 11) is 3.86. The maximum Gasteiger partial charge on any atom is 0.356 e. The first-order valence-electron chi connectivity index (χ1n) is 9.57. The van der Waals surface area contributed by atoms with Crippen molar-refractivity contribution in [3.63, 3.8) is 0 Å². The van der Waals surface area contributed by atoms with Crippen molar-refractivity contribution in [1.29, 1.82) is 0 Å². The first kappa shape index (κ1) is 20.7. The third kappa shape index (κ3) is 4.15. The Morgan fingerprint density at radius 2 is 1.87 bits per heavy atom. The number of ether oxygens (including phenoxy) is 1. The molecule has 4 rings (SSSR count). The van der Waals surface area contributed by atoms with E-state index in [9.17, 15) is 4.79 Å². The molecule has 0 unspecified atom stereocenters. The molecule has 5 nitrogen and oxygen atoms in total. The monoisotopic (exact) mass is 441 g/mol. The molecular formula is C23H21Cl2N3O2. The Kier molecular flexibility index (Phi) is 5.95. The number of benzene rings is 2. The van der Waals surface area contributed by atoms with E-state index in [-0.39, 0.29) is 0 Å². The highest BCUT2D eigenvalue weighted by Gasteiger charge is 2.16. The van der Waals surface area contributed by atoms with Crippen LogP contribution in [0, 0.1) is 0 Å². The molecule has 0 radical (unpaired) electrons. The quantitative estimate of drug-likeness (QED) is 0.382. The van der Waals surface area contributed by atoms with Gasteiger partial charge in [-0.05, 0) is 50.0 Å². The van der Waals surface area contributed by atoms with E-state index >= 15 is 0 Å². The van der Waals surface area contributed by atoms with Gasteiger partial charge in [-0.25, -0.2) is 9.78 Å². The summed E-state index contributed by atoms with van der Waals surface area (Å²) in [6.45, 7) is 1.52. The summed E-state index contributed by atoms with van der Waals surface area (Å²) in [4.78, 5) is 18.8. The normalized spacial score (nSPS) is 11.5. The lowest BCUT2D eigenvalue weighted by Gasteiger charge is -2.11. The molecule has 0 atom stereocenters. The van der Waals surface area contributed by atoms with Crippen LogP contribution in [0.4, 0.5) is 0 Å². The van der Waals surface area contributed by atoms with Crippen molar-refractivity contribution in [3.05, 3.63) is 76.0 Å². The van der Waals surface area contributed by atoms with Gasteiger partial charge in [-0.15, -0.1) is 0 Å². The maximum absolute atomic E-state index is 12.4. The number of likely N-dealkylation sites (N-methyl/N-ethyl adjacent to an activating group) is 1. The van der Waals surface area contributed by atoms with Gasteiger partial charge in [0.05, 0.1) is 11.7 Å². The van der Waals surface area contributed by atoms with Crippen LogP contribution in [-0.2, 0) is 11.3 Å². The van der Waals surface area contributed by atoms with Gasteiger partial charge in [0, 0.05) is 39.4 Å². The molecule has 0 saturated heterocycles. The molecule has 2 aromatic carbocycles. The van der Waals surface area contributed by atoms with Crippen LogP contribution in [0.15, 0.2) is 54.7 Å². The number of fused-ring (bicyclic) bond motifs is 3. The Labute approximate surface area is 184 Å². The fourth-order valence-corrected chi connectivity index (χ4v) is 3.83. The van der Waals surface area contributed by atoms with Gasteiger partial charge in [-0.3, -0.25) is 0 Å². The van der Waals surface area contributed by atoms with Crippen LogP contribution < -0.4 is 0 Å². The van der Waals surface area contributed by atoms with Crippen molar-refractivity contribution in [2.24, 2.45) is 0 Å². The fraction of sp³-hybridized carbons (Fsp3) is 0.217. The molecule has 0 bridgehead atoms. The summed E-state index contributed by atoms with van der Waals surface area (Å²) in [5, 5.41) is 3.27. The molecule has 7 heteroatoms. The molecule has 2 aromatic heterocycles. The second kappa shape index (κ2) is 8.64. The van der Waals surface area contributed by atoms with Gasteiger partial charge in [-0.2, -0.15) is 0 Å². The van der Waals surface area contributed by atoms with Crippen LogP contribution in [0.2, 0.25) is 10.0 Å². The molecule has 154 valence electrons. The Morgan fingerprint density at radius 3 is 2.67 bits per heavy atom. The van der Waals surface area contributed by atoms with E-state index in [2.05, 4.69) is 9.55 Å². The summed E-state index contributed by atoms with van der Waals surface area (Å²) in [5.41, 5.74) is 3.16. The summed E-state index contributed by atoms with van der Waals surface area (Å²) in [5.74, 6) is -0.423. The first-order valence-corrected chi connectivity index (χ1v) is 10.3. The molecule has 0 fully saturated rings. The Bertz CT molecular complexity index is 1230. The van der Waals surface area contributed by atoms with Gasteiger partial charge in [-0.1, -0.05) is 41.4 Å². The van der Waals surface area contributed by atoms with Crippen LogP contribution in [0.1, 0.15) is 16.1 Å². The zero-order chi connectivity index (χ0) is 21.3. The highest BCUT2D eigenvalue weighted by atomic mass is 35.5. The summed E-state index contributed by atoms with van der Waals surface area (Å²) in [6, 6.07) is 15.3. The van der Waals surface area contributed by atoms with Crippen molar-refractivity contribution in [1.82, 2.24) is 14.5 Å². The SMILES string of the molecule is CN(C)CCOC(=O)c1cc2c3ccccc3n(Cc3cc(Cl)ccc3Cl)c2cn1. The number of hydrogen-bond donors (Lipinski definition) is 0. The second-order valence-corrected chi connectivity index (χ2v) is 8.21. The van der Waals surface area contributed by atoms with Crippen LogP contribution in [0.5, 0.6) is 0 Å². The van der Waals surface area contributed by atoms with Gasteiger partial charge in [0.15, 0.2) is 0 Å². The maximum atomic E-state index is 12.4. The number of carbonyl (C=O) groups excluding carboxylic acids is 1. The smallest absolute Gasteiger partial charge is 0.356 e. The second-order valence-electron chi connectivity index (χ2n) is 7.36. The van der Waals surface area contributed by atoms with Crippen molar-refractivity contribution < 1.29 is 9.53 Å². The standard InChI is InChI=1S/C23H21Cl2N3O2/c1-27(2)9-10-30-23(29)20-12-18-17-5-3-4-6-21(17)28(22(18)13-26-20)14-15-11-16(24)7-8-19(15)25/h3-8,11-13H,9-10,14H2,1-2H3. The molecule has 30 heavy (non-hydrogen) atoms. The van der Waals surface area contributed by atoms with Crippen molar-refractivity contribution in [3.8, 4) is 0 Å². The first-order chi connectivity index (χ1) is 14.4. The average molecular weight is 442 g/mol. The van der Waals surface area contributed by atoms with Gasteiger partial charge in [0.2, 0.25) is 0 Å². The number of para-hydroxylation sites is 1. The van der Waals surface area contributed by atoms with E-state index in [1.54, 1.807) is 24.4 Å². The molecule has 2 heterocycles. The minimum atomic E-state index is -0.423. The Hall–Kier alpha value is -2.60. The third-order valence-electron chi connectivity index (χ3n) is 4.98. The van der Waals surface area contributed by atoms with Crippen LogP contribution in [-0.4, -0.2) is 47.7 Å². The number of esters is 1. The van der Waals surface area contributed by atoms with Crippen molar-refractivity contribution in [2.45, 2.75) is 6.54 Å². The predicted octanol–water partition coefficient (Wildman–Crippen LogP) is 5.26. The molecule has 0 spiro atoms. The van der Waals surface area contributed by atoms with Crippen molar-refractivity contribution >= 4 is 51.0 Å². The number of pyridine rings is 1. The highest BCUT2D eigenvalue weighted by molar-refractivity contribution is 6.33. The number of halogens is 2. The molecule has 0 aliphatic heterocycles. The molecule has 0 N–H and O–H groups in total. The number of hydrogen-bond acceptors (Lipinski definition) is 4. The highest BCUT2D eigenvalue weighted by Crippen LogP contribution is 2.31. The van der Waals surface area contributed by atoms with E-state index in [0.29, 0.717) is 35.4 Å². The van der Waals surface area contributed by atoms with Crippen LogP contribution in [0.3, 0.4) is 0 Å². The summed E-state index contributed by atoms with van der Waals surface area (Å²) >= 11 is 12.6. The zero-order valence-corrected chi connectivity index (χ0v) is 18.2. The number of aromatic nitrogens is 2. The van der Waals surface area contributed by atoms with E-state index < -0.39 is 5.97 Å². The van der Waals surface area contributed by atoms with E-state index in [0.717, 1.165) is 27.4 Å². The average Bonchev–Trinajstić information content (AvgIpc) is 3.03. The van der Waals surface area contributed by atoms with Crippen LogP contribution >= 0.6 is 23.2 Å². The molecule has 0 amide bonds. The minimum Gasteiger partial charge on any atom is -0.460 e. The number of nitrogens with zero attached hydrogens (tertiary/aromatic N) is 3. The summed E-state index contributed by atoms with van der Waals surface area (Å²) in [6.07, 6.45) is 1.72. The lowest BCUT2D eigenvalue weighted by Crippen LogP contribution is -2.20. The molecule has 0 aliphatic carbocycles. The van der Waals surface area contributed by atoms with Gasteiger partial charge in [0.25, 0.3) is 0 Å². The number of carbonyl (C=O) groups is 1. The van der Waals surface area contributed by atoms with Gasteiger partial charge < -0.3 is 14.2 Å². The fourth-order valence-electron chi connectivity index (χ4n) is 3.46.